The molecule has 0 bridgehead atoms. The monoisotopic (exact) mass is 499 g/mol. The molecule has 3 aromatic carbocycles. The highest BCUT2D eigenvalue weighted by Crippen LogP contribution is 2.26. The number of amides is 2. The third kappa shape index (κ3) is 6.52. The topological polar surface area (TPSA) is 89.3 Å². The van der Waals surface area contributed by atoms with Gasteiger partial charge in [0.1, 0.15) is 23.9 Å². The number of hydrogen-bond donors (Lipinski definition) is 1. The van der Waals surface area contributed by atoms with Gasteiger partial charge in [-0.2, -0.15) is 0 Å². The lowest BCUT2D eigenvalue weighted by Gasteiger charge is -2.32. The number of rotatable bonds is 11. The molecule has 8 heteroatoms. The van der Waals surface area contributed by atoms with Crippen molar-refractivity contribution in [3.05, 3.63) is 90.0 Å². The van der Waals surface area contributed by atoms with Crippen molar-refractivity contribution in [2.75, 3.05) is 13.7 Å². The van der Waals surface area contributed by atoms with Crippen LogP contribution in [0, 0.1) is 5.92 Å². The summed E-state index contributed by atoms with van der Waals surface area (Å²) in [6, 6.07) is 23.6. The number of benzene rings is 3. The average molecular weight is 500 g/mol. The molecule has 4 aromatic rings. The molecule has 1 heterocycles. The van der Waals surface area contributed by atoms with Crippen molar-refractivity contribution < 1.29 is 14.3 Å². The molecule has 0 saturated heterocycles. The Morgan fingerprint density at radius 1 is 1.00 bits per heavy atom. The molecule has 0 radical (unpaired) electrons. The van der Waals surface area contributed by atoms with E-state index in [-0.39, 0.29) is 24.9 Å². The van der Waals surface area contributed by atoms with Crippen LogP contribution in [0.15, 0.2) is 78.9 Å². The molecule has 0 fully saturated rings. The summed E-state index contributed by atoms with van der Waals surface area (Å²) in [5.41, 5.74) is 3.06. The molecule has 1 atom stereocenters. The number of nitrogens with one attached hydrogen (secondary N) is 1. The first-order valence-corrected chi connectivity index (χ1v) is 12.5. The van der Waals surface area contributed by atoms with Crippen molar-refractivity contribution in [3.63, 3.8) is 0 Å². The Kier molecular flexibility index (Phi) is 8.51. The number of para-hydroxylation sites is 1. The van der Waals surface area contributed by atoms with Gasteiger partial charge in [-0.3, -0.25) is 9.59 Å². The maximum atomic E-state index is 13.9. The van der Waals surface area contributed by atoms with E-state index >= 15 is 0 Å². The number of fused-ring (bicyclic) bond motifs is 1. The lowest BCUT2D eigenvalue weighted by Crippen LogP contribution is -2.45. The Morgan fingerprint density at radius 3 is 2.51 bits per heavy atom. The zero-order valence-electron chi connectivity index (χ0n) is 21.5. The van der Waals surface area contributed by atoms with Crippen LogP contribution >= 0.6 is 0 Å². The predicted molar refractivity (Wildman–Crippen MR) is 143 cm³/mol. The second-order valence-corrected chi connectivity index (χ2v) is 9.40. The summed E-state index contributed by atoms with van der Waals surface area (Å²) in [5.74, 6) is 0.674. The van der Waals surface area contributed by atoms with E-state index in [1.807, 2.05) is 78.9 Å². The van der Waals surface area contributed by atoms with Crippen molar-refractivity contribution >= 4 is 22.8 Å². The molecule has 192 valence electrons. The third-order valence-corrected chi connectivity index (χ3v) is 6.21. The van der Waals surface area contributed by atoms with E-state index in [1.54, 1.807) is 16.7 Å². The van der Waals surface area contributed by atoms with E-state index in [2.05, 4.69) is 29.5 Å². The summed E-state index contributed by atoms with van der Waals surface area (Å²) in [4.78, 5) is 29.2. The maximum absolute atomic E-state index is 13.9. The van der Waals surface area contributed by atoms with E-state index < -0.39 is 6.04 Å². The van der Waals surface area contributed by atoms with Gasteiger partial charge in [0, 0.05) is 13.1 Å². The van der Waals surface area contributed by atoms with Gasteiger partial charge in [0.05, 0.1) is 12.6 Å². The number of ether oxygens (including phenoxy) is 1. The van der Waals surface area contributed by atoms with Gasteiger partial charge in [-0.05, 0) is 47.7 Å². The average Bonchev–Trinajstić information content (AvgIpc) is 3.31. The molecule has 0 aliphatic heterocycles. The highest BCUT2D eigenvalue weighted by Gasteiger charge is 2.32. The molecular formula is C29H33N5O3. The first kappa shape index (κ1) is 25.9. The minimum atomic E-state index is -0.818. The Hall–Kier alpha value is -4.20. The van der Waals surface area contributed by atoms with Gasteiger partial charge < -0.3 is 15.0 Å². The van der Waals surface area contributed by atoms with Crippen LogP contribution in [0.2, 0.25) is 0 Å². The van der Waals surface area contributed by atoms with Crippen molar-refractivity contribution in [3.8, 4) is 5.75 Å². The largest absolute Gasteiger partial charge is 0.497 e. The first-order valence-electron chi connectivity index (χ1n) is 12.5. The SMILES string of the molecule is COc1cccc(CN(C(=O)Cn2nnc3ccccc32)[C@@H](C(=O)NCCC(C)C)c2ccccc2)c1. The fourth-order valence-corrected chi connectivity index (χ4v) is 4.23. The predicted octanol–water partition coefficient (Wildman–Crippen LogP) is 4.37. The number of aromatic nitrogens is 3. The van der Waals surface area contributed by atoms with Crippen LogP contribution in [0.1, 0.15) is 37.4 Å². The van der Waals surface area contributed by atoms with Gasteiger partial charge in [-0.25, -0.2) is 4.68 Å². The minimum absolute atomic E-state index is 0.0485. The summed E-state index contributed by atoms with van der Waals surface area (Å²) in [5, 5.41) is 11.4. The lowest BCUT2D eigenvalue weighted by molar-refractivity contribution is -0.142. The highest BCUT2D eigenvalue weighted by atomic mass is 16.5. The molecule has 4 rings (SSSR count). The van der Waals surface area contributed by atoms with E-state index in [0.717, 1.165) is 23.1 Å². The molecule has 0 aliphatic rings. The molecule has 0 aliphatic carbocycles. The summed E-state index contributed by atoms with van der Waals surface area (Å²) < 4.78 is 6.97. The van der Waals surface area contributed by atoms with Crippen molar-refractivity contribution in [2.45, 2.75) is 39.4 Å². The van der Waals surface area contributed by atoms with Crippen molar-refractivity contribution in [1.29, 1.82) is 0 Å². The minimum Gasteiger partial charge on any atom is -0.497 e. The summed E-state index contributed by atoms with van der Waals surface area (Å²) in [6.45, 7) is 4.94. The Morgan fingerprint density at radius 2 is 1.76 bits per heavy atom. The molecule has 0 spiro atoms. The van der Waals surface area contributed by atoms with E-state index in [9.17, 15) is 9.59 Å². The number of nitrogens with zero attached hydrogens (tertiary/aromatic N) is 4. The maximum Gasteiger partial charge on any atom is 0.247 e. The molecule has 2 amide bonds. The van der Waals surface area contributed by atoms with Crippen LogP contribution in [-0.4, -0.2) is 45.4 Å². The molecule has 8 nitrogen and oxygen atoms in total. The van der Waals surface area contributed by atoms with Gasteiger partial charge >= 0.3 is 0 Å². The Labute approximate surface area is 217 Å². The van der Waals surface area contributed by atoms with Gasteiger partial charge in [0.15, 0.2) is 0 Å². The van der Waals surface area contributed by atoms with Crippen molar-refractivity contribution in [1.82, 2.24) is 25.2 Å². The van der Waals surface area contributed by atoms with Crippen LogP contribution in [0.4, 0.5) is 0 Å². The third-order valence-electron chi connectivity index (χ3n) is 6.21. The summed E-state index contributed by atoms with van der Waals surface area (Å²) >= 11 is 0. The molecular weight excluding hydrogens is 466 g/mol. The van der Waals surface area contributed by atoms with Gasteiger partial charge in [-0.15, -0.1) is 5.10 Å². The van der Waals surface area contributed by atoms with Crippen LogP contribution in [-0.2, 0) is 22.7 Å². The normalized spacial score (nSPS) is 11.9. The fourth-order valence-electron chi connectivity index (χ4n) is 4.23. The Bertz CT molecular complexity index is 1340. The first-order chi connectivity index (χ1) is 18.0. The summed E-state index contributed by atoms with van der Waals surface area (Å²) in [7, 11) is 1.60. The van der Waals surface area contributed by atoms with E-state index in [4.69, 9.17) is 4.74 Å². The second kappa shape index (κ2) is 12.2. The van der Waals surface area contributed by atoms with E-state index in [0.29, 0.717) is 23.7 Å². The van der Waals surface area contributed by atoms with Gasteiger partial charge in [-0.1, -0.05) is 73.7 Å². The Balaban J connectivity index is 1.71. The van der Waals surface area contributed by atoms with Gasteiger partial charge in [0.2, 0.25) is 11.8 Å². The number of carbonyl (C=O) groups is 2. The standard InChI is InChI=1S/C29H33N5O3/c1-21(2)16-17-30-29(36)28(23-11-5-4-6-12-23)33(19-22-10-9-13-24(18-22)37-3)27(35)20-34-26-15-8-7-14-25(26)31-32-34/h4-15,18,21,28H,16-17,19-20H2,1-3H3,(H,30,36)/t28-/m1/s1. The van der Waals surface area contributed by atoms with Crippen LogP contribution < -0.4 is 10.1 Å². The van der Waals surface area contributed by atoms with E-state index in [1.165, 1.54) is 0 Å². The highest BCUT2D eigenvalue weighted by molar-refractivity contribution is 5.89. The fraction of sp³-hybridized carbons (Fsp3) is 0.310. The quantitative estimate of drug-likeness (QED) is 0.331. The molecule has 1 aromatic heterocycles. The van der Waals surface area contributed by atoms with Crippen molar-refractivity contribution in [2.24, 2.45) is 5.92 Å². The molecule has 0 unspecified atom stereocenters. The molecule has 0 saturated carbocycles. The number of methoxy groups -OCH3 is 1. The zero-order chi connectivity index (χ0) is 26.2. The summed E-state index contributed by atoms with van der Waals surface area (Å²) in [6.07, 6.45) is 0.849. The van der Waals surface area contributed by atoms with Crippen LogP contribution in [0.3, 0.4) is 0 Å². The van der Waals surface area contributed by atoms with Crippen LogP contribution in [0.5, 0.6) is 5.75 Å². The smallest absolute Gasteiger partial charge is 0.247 e. The second-order valence-electron chi connectivity index (χ2n) is 9.40. The van der Waals surface area contributed by atoms with Gasteiger partial charge in [0.25, 0.3) is 0 Å². The number of carbonyl (C=O) groups excluding carboxylic acids is 2. The zero-order valence-corrected chi connectivity index (χ0v) is 21.5. The number of hydrogen-bond acceptors (Lipinski definition) is 5. The molecule has 37 heavy (non-hydrogen) atoms. The molecule has 1 N–H and O–H groups in total. The lowest BCUT2D eigenvalue weighted by atomic mass is 10.0. The van der Waals surface area contributed by atoms with Crippen LogP contribution in [0.25, 0.3) is 11.0 Å².